The van der Waals surface area contributed by atoms with Crippen LogP contribution in [0.15, 0.2) is 29.2 Å². The number of hydrogen-bond acceptors (Lipinski definition) is 1. The maximum Gasteiger partial charge on any atom is 0.142 e. The maximum atomic E-state index is 13.2. The van der Waals surface area contributed by atoms with E-state index < -0.39 is 0 Å². The minimum absolute atomic E-state index is 0.188. The van der Waals surface area contributed by atoms with Gasteiger partial charge in [-0.3, -0.25) is 0 Å². The van der Waals surface area contributed by atoms with Crippen LogP contribution in [0.5, 0.6) is 0 Å². The van der Waals surface area contributed by atoms with Crippen molar-refractivity contribution in [1.82, 2.24) is 0 Å². The summed E-state index contributed by atoms with van der Waals surface area (Å²) in [6, 6.07) is 6.83. The molecule has 0 heterocycles. The molecule has 3 heteroatoms. The predicted molar refractivity (Wildman–Crippen MR) is 60.9 cm³/mol. The fourth-order valence-corrected chi connectivity index (χ4v) is 2.24. The van der Waals surface area contributed by atoms with Crippen LogP contribution in [-0.2, 0) is 0 Å². The minimum atomic E-state index is -0.380. The first-order valence-electron chi connectivity index (χ1n) is 4.17. The Labute approximate surface area is 92.1 Å². The van der Waals surface area contributed by atoms with Crippen LogP contribution in [0.4, 0.5) is 4.39 Å². The molecule has 0 atom stereocenters. The summed E-state index contributed by atoms with van der Waals surface area (Å²) in [7, 11) is 0. The zero-order valence-electron chi connectivity index (χ0n) is 7.51. The SMILES string of the molecule is Cc1cc(S)cc2ccc(F)c(Cl)c12. The van der Waals surface area contributed by atoms with E-state index in [1.54, 1.807) is 6.07 Å². The molecule has 0 aliphatic heterocycles. The molecule has 0 spiro atoms. The van der Waals surface area contributed by atoms with Crippen molar-refractivity contribution in [3.63, 3.8) is 0 Å². The molecule has 0 saturated carbocycles. The van der Waals surface area contributed by atoms with E-state index in [0.29, 0.717) is 0 Å². The molecule has 0 aliphatic carbocycles. The highest BCUT2D eigenvalue weighted by atomic mass is 35.5. The van der Waals surface area contributed by atoms with Gasteiger partial charge in [-0.25, -0.2) is 4.39 Å². The van der Waals surface area contributed by atoms with E-state index in [4.69, 9.17) is 11.6 Å². The summed E-state index contributed by atoms with van der Waals surface area (Å²) in [4.78, 5) is 0.859. The van der Waals surface area contributed by atoms with E-state index in [1.165, 1.54) is 6.07 Å². The molecule has 0 N–H and O–H groups in total. The normalized spacial score (nSPS) is 10.9. The van der Waals surface area contributed by atoms with Crippen LogP contribution in [0, 0.1) is 12.7 Å². The molecule has 0 unspecified atom stereocenters. The Balaban J connectivity index is 2.95. The molecule has 2 rings (SSSR count). The molecule has 0 aliphatic rings. The van der Waals surface area contributed by atoms with E-state index in [0.717, 1.165) is 21.2 Å². The second kappa shape index (κ2) is 3.44. The van der Waals surface area contributed by atoms with Gasteiger partial charge in [0.25, 0.3) is 0 Å². The molecule has 0 aromatic heterocycles. The Morgan fingerprint density at radius 3 is 2.71 bits per heavy atom. The first-order valence-corrected chi connectivity index (χ1v) is 4.99. The van der Waals surface area contributed by atoms with Gasteiger partial charge in [0.1, 0.15) is 5.82 Å². The molecule has 0 amide bonds. The zero-order chi connectivity index (χ0) is 10.3. The van der Waals surface area contributed by atoms with Gasteiger partial charge in [0.15, 0.2) is 0 Å². The maximum absolute atomic E-state index is 13.2. The van der Waals surface area contributed by atoms with Crippen molar-refractivity contribution in [3.05, 3.63) is 40.7 Å². The van der Waals surface area contributed by atoms with Crippen LogP contribution in [-0.4, -0.2) is 0 Å². The standard InChI is InChI=1S/C11H8ClFS/c1-6-4-8(14)5-7-2-3-9(13)11(12)10(6)7/h2-5,14H,1H3. The van der Waals surface area contributed by atoms with Crippen molar-refractivity contribution in [2.45, 2.75) is 11.8 Å². The number of hydrogen-bond donors (Lipinski definition) is 1. The predicted octanol–water partition coefficient (Wildman–Crippen LogP) is 4.23. The highest BCUT2D eigenvalue weighted by molar-refractivity contribution is 7.80. The average molecular weight is 227 g/mol. The fourth-order valence-electron chi connectivity index (χ4n) is 1.58. The average Bonchev–Trinajstić information content (AvgIpc) is 2.10. The van der Waals surface area contributed by atoms with Gasteiger partial charge in [0.05, 0.1) is 5.02 Å². The van der Waals surface area contributed by atoms with Gasteiger partial charge in [0.2, 0.25) is 0 Å². The molecule has 0 fully saturated rings. The first kappa shape index (κ1) is 9.81. The van der Waals surface area contributed by atoms with Crippen molar-refractivity contribution in [2.24, 2.45) is 0 Å². The van der Waals surface area contributed by atoms with Crippen molar-refractivity contribution >= 4 is 35.0 Å². The van der Waals surface area contributed by atoms with Gasteiger partial charge in [-0.15, -0.1) is 12.6 Å². The van der Waals surface area contributed by atoms with Crippen LogP contribution >= 0.6 is 24.2 Å². The summed E-state index contributed by atoms with van der Waals surface area (Å²) < 4.78 is 13.2. The summed E-state index contributed by atoms with van der Waals surface area (Å²) in [5, 5.41) is 1.87. The van der Waals surface area contributed by atoms with Crippen molar-refractivity contribution in [3.8, 4) is 0 Å². The first-order chi connectivity index (χ1) is 6.59. The van der Waals surface area contributed by atoms with Gasteiger partial charge in [-0.2, -0.15) is 0 Å². The van der Waals surface area contributed by atoms with Gasteiger partial charge in [-0.1, -0.05) is 17.7 Å². The van der Waals surface area contributed by atoms with E-state index in [1.807, 2.05) is 19.1 Å². The molecule has 72 valence electrons. The Morgan fingerprint density at radius 1 is 1.29 bits per heavy atom. The van der Waals surface area contributed by atoms with E-state index in [9.17, 15) is 4.39 Å². The molecular weight excluding hydrogens is 219 g/mol. The second-order valence-corrected chi connectivity index (χ2v) is 4.12. The lowest BCUT2D eigenvalue weighted by Crippen LogP contribution is -1.84. The monoisotopic (exact) mass is 226 g/mol. The van der Waals surface area contributed by atoms with E-state index >= 15 is 0 Å². The summed E-state index contributed by atoms with van der Waals surface area (Å²) >= 11 is 10.1. The molecule has 0 radical (unpaired) electrons. The summed E-state index contributed by atoms with van der Waals surface area (Å²) in [6.07, 6.45) is 0. The Hall–Kier alpha value is -0.730. The smallest absolute Gasteiger partial charge is 0.142 e. The van der Waals surface area contributed by atoms with Gasteiger partial charge in [0, 0.05) is 10.3 Å². The van der Waals surface area contributed by atoms with Crippen molar-refractivity contribution < 1.29 is 4.39 Å². The zero-order valence-corrected chi connectivity index (χ0v) is 9.16. The number of rotatable bonds is 0. The molecule has 0 nitrogen and oxygen atoms in total. The van der Waals surface area contributed by atoms with Crippen LogP contribution in [0.2, 0.25) is 5.02 Å². The third-order valence-corrected chi connectivity index (χ3v) is 2.82. The third-order valence-electron chi connectivity index (χ3n) is 2.19. The summed E-state index contributed by atoms with van der Waals surface area (Å²) in [6.45, 7) is 1.90. The van der Waals surface area contributed by atoms with Gasteiger partial charge < -0.3 is 0 Å². The highest BCUT2D eigenvalue weighted by Gasteiger charge is 2.07. The largest absolute Gasteiger partial charge is 0.205 e. The Kier molecular flexibility index (Phi) is 2.41. The van der Waals surface area contributed by atoms with Crippen molar-refractivity contribution in [2.75, 3.05) is 0 Å². The van der Waals surface area contributed by atoms with Crippen LogP contribution < -0.4 is 0 Å². The minimum Gasteiger partial charge on any atom is -0.205 e. The highest BCUT2D eigenvalue weighted by Crippen LogP contribution is 2.30. The lowest BCUT2D eigenvalue weighted by molar-refractivity contribution is 0.630. The van der Waals surface area contributed by atoms with Crippen LogP contribution in [0.25, 0.3) is 10.8 Å². The third kappa shape index (κ3) is 1.49. The van der Waals surface area contributed by atoms with Gasteiger partial charge in [-0.05, 0) is 36.1 Å². The van der Waals surface area contributed by atoms with Gasteiger partial charge >= 0.3 is 0 Å². The summed E-state index contributed by atoms with van der Waals surface area (Å²) in [5.41, 5.74) is 0.942. The molecule has 14 heavy (non-hydrogen) atoms. The summed E-state index contributed by atoms with van der Waals surface area (Å²) in [5.74, 6) is -0.380. The molecular formula is C11H8ClFS. The Morgan fingerprint density at radius 2 is 2.00 bits per heavy atom. The molecule has 0 bridgehead atoms. The number of aryl methyl sites for hydroxylation is 1. The van der Waals surface area contributed by atoms with Crippen LogP contribution in [0.1, 0.15) is 5.56 Å². The molecule has 2 aromatic rings. The topological polar surface area (TPSA) is 0 Å². The molecule has 2 aromatic carbocycles. The second-order valence-electron chi connectivity index (χ2n) is 3.22. The van der Waals surface area contributed by atoms with Crippen molar-refractivity contribution in [1.29, 1.82) is 0 Å². The number of thiol groups is 1. The Bertz CT molecular complexity index is 508. The number of fused-ring (bicyclic) bond motifs is 1. The molecule has 0 saturated heterocycles. The van der Waals surface area contributed by atoms with E-state index in [2.05, 4.69) is 12.6 Å². The fraction of sp³-hybridized carbons (Fsp3) is 0.0909. The number of halogens is 2. The van der Waals surface area contributed by atoms with Crippen LogP contribution in [0.3, 0.4) is 0 Å². The number of benzene rings is 2. The van der Waals surface area contributed by atoms with E-state index in [-0.39, 0.29) is 10.8 Å². The quantitative estimate of drug-likeness (QED) is 0.639. The lowest BCUT2D eigenvalue weighted by Gasteiger charge is -2.06. The lowest BCUT2D eigenvalue weighted by atomic mass is 10.1.